The molecule has 0 radical (unpaired) electrons. The number of aliphatic hydroxyl groups excluding tert-OH is 1. The van der Waals surface area contributed by atoms with Crippen LogP contribution in [0.2, 0.25) is 0 Å². The zero-order valence-electron chi connectivity index (χ0n) is 10.4. The first-order valence-corrected chi connectivity index (χ1v) is 6.10. The lowest BCUT2D eigenvalue weighted by Crippen LogP contribution is -2.52. The minimum atomic E-state index is -0.118. The van der Waals surface area contributed by atoms with Crippen LogP contribution in [0.4, 0.5) is 5.69 Å². The molecule has 1 aliphatic heterocycles. The molecule has 1 N–H and O–H groups in total. The lowest BCUT2D eigenvalue weighted by molar-refractivity contribution is -0.130. The molecule has 0 unspecified atom stereocenters. The Morgan fingerprint density at radius 2 is 2.11 bits per heavy atom. The van der Waals surface area contributed by atoms with Crippen molar-refractivity contribution >= 4 is 16.7 Å². The van der Waals surface area contributed by atoms with Gasteiger partial charge in [0.1, 0.15) is 11.8 Å². The van der Waals surface area contributed by atoms with Crippen molar-refractivity contribution in [2.24, 2.45) is 5.41 Å². The predicted molar refractivity (Wildman–Crippen MR) is 69.8 cm³/mol. The van der Waals surface area contributed by atoms with Crippen LogP contribution in [-0.2, 0) is 4.74 Å². The summed E-state index contributed by atoms with van der Waals surface area (Å²) >= 11 is 0. The molecule has 0 aliphatic carbocycles. The lowest BCUT2D eigenvalue weighted by atomic mass is 9.86. The summed E-state index contributed by atoms with van der Waals surface area (Å²) in [4.78, 5) is 2.13. The summed E-state index contributed by atoms with van der Waals surface area (Å²) in [7, 11) is 2.02. The fourth-order valence-corrected chi connectivity index (χ4v) is 2.47. The number of benzene rings is 1. The van der Waals surface area contributed by atoms with Crippen LogP contribution in [0.15, 0.2) is 34.9 Å². The van der Waals surface area contributed by atoms with Crippen molar-refractivity contribution < 1.29 is 14.3 Å². The van der Waals surface area contributed by atoms with Gasteiger partial charge in [-0.05, 0) is 12.1 Å². The quantitative estimate of drug-likeness (QED) is 0.896. The number of aliphatic hydroxyl groups is 1. The van der Waals surface area contributed by atoms with Crippen molar-refractivity contribution in [3.8, 4) is 0 Å². The average Bonchev–Trinajstić information content (AvgIpc) is 2.77. The standard InChI is InChI=1S/C14H17NO3/c1-15(7-14(8-16)9-17-10-14)12-6-18-13-5-3-2-4-11(12)13/h2-6,16H,7-10H2,1H3. The molecule has 2 aromatic rings. The Hall–Kier alpha value is -1.52. The molecule has 0 bridgehead atoms. The Bertz CT molecular complexity index is 539. The molecular weight excluding hydrogens is 230 g/mol. The minimum Gasteiger partial charge on any atom is -0.462 e. The van der Waals surface area contributed by atoms with E-state index in [4.69, 9.17) is 9.15 Å². The number of fused-ring (bicyclic) bond motifs is 1. The molecule has 1 aliphatic rings. The number of hydrogen-bond donors (Lipinski definition) is 1. The molecule has 1 aromatic heterocycles. The highest BCUT2D eigenvalue weighted by molar-refractivity contribution is 5.90. The molecule has 96 valence electrons. The summed E-state index contributed by atoms with van der Waals surface area (Å²) in [6, 6.07) is 7.97. The largest absolute Gasteiger partial charge is 0.462 e. The van der Waals surface area contributed by atoms with Crippen LogP contribution >= 0.6 is 0 Å². The molecule has 1 fully saturated rings. The normalized spacial score (nSPS) is 17.7. The van der Waals surface area contributed by atoms with Crippen molar-refractivity contribution in [2.45, 2.75) is 0 Å². The van der Waals surface area contributed by atoms with Crippen LogP contribution in [0.1, 0.15) is 0 Å². The molecule has 0 saturated carbocycles. The fraction of sp³-hybridized carbons (Fsp3) is 0.429. The summed E-state index contributed by atoms with van der Waals surface area (Å²) < 4.78 is 10.8. The van der Waals surface area contributed by atoms with Gasteiger partial charge in [-0.2, -0.15) is 0 Å². The number of ether oxygens (including phenoxy) is 1. The van der Waals surface area contributed by atoms with Crippen LogP contribution in [0.25, 0.3) is 11.0 Å². The summed E-state index contributed by atoms with van der Waals surface area (Å²) in [5.41, 5.74) is 1.83. The minimum absolute atomic E-state index is 0.118. The van der Waals surface area contributed by atoms with Gasteiger partial charge in [-0.15, -0.1) is 0 Å². The molecule has 2 heterocycles. The highest BCUT2D eigenvalue weighted by atomic mass is 16.5. The third-order valence-electron chi connectivity index (χ3n) is 3.60. The van der Waals surface area contributed by atoms with Crippen LogP contribution < -0.4 is 4.90 Å². The summed E-state index contributed by atoms with van der Waals surface area (Å²) in [6.45, 7) is 2.19. The highest BCUT2D eigenvalue weighted by Gasteiger charge is 2.39. The first kappa shape index (κ1) is 11.6. The van der Waals surface area contributed by atoms with Crippen molar-refractivity contribution in [1.82, 2.24) is 0 Å². The maximum Gasteiger partial charge on any atom is 0.136 e. The van der Waals surface area contributed by atoms with E-state index in [9.17, 15) is 5.11 Å². The zero-order chi connectivity index (χ0) is 12.6. The molecule has 18 heavy (non-hydrogen) atoms. The maximum absolute atomic E-state index is 9.47. The van der Waals surface area contributed by atoms with Gasteiger partial charge in [0.15, 0.2) is 0 Å². The molecule has 4 heteroatoms. The Balaban J connectivity index is 1.85. The Morgan fingerprint density at radius 3 is 2.78 bits per heavy atom. The van der Waals surface area contributed by atoms with E-state index in [-0.39, 0.29) is 12.0 Å². The van der Waals surface area contributed by atoms with Crippen molar-refractivity contribution in [3.63, 3.8) is 0 Å². The maximum atomic E-state index is 9.47. The van der Waals surface area contributed by atoms with Gasteiger partial charge < -0.3 is 19.2 Å². The summed E-state index contributed by atoms with van der Waals surface area (Å²) in [6.07, 6.45) is 1.77. The molecule has 0 atom stereocenters. The third kappa shape index (κ3) is 1.78. The molecule has 3 rings (SSSR count). The SMILES string of the molecule is CN(CC1(CO)COC1)c1coc2ccccc12. The van der Waals surface area contributed by atoms with Gasteiger partial charge in [0, 0.05) is 19.0 Å². The number of para-hydroxylation sites is 1. The van der Waals surface area contributed by atoms with E-state index in [2.05, 4.69) is 4.90 Å². The lowest BCUT2D eigenvalue weighted by Gasteiger charge is -2.42. The molecule has 1 saturated heterocycles. The van der Waals surface area contributed by atoms with E-state index >= 15 is 0 Å². The van der Waals surface area contributed by atoms with Gasteiger partial charge in [0.2, 0.25) is 0 Å². The van der Waals surface area contributed by atoms with Crippen LogP contribution in [0, 0.1) is 5.41 Å². The number of furan rings is 1. The van der Waals surface area contributed by atoms with Gasteiger partial charge in [-0.25, -0.2) is 0 Å². The van der Waals surface area contributed by atoms with E-state index in [1.807, 2.05) is 31.3 Å². The predicted octanol–water partition coefficient (Wildman–Crippen LogP) is 1.88. The Labute approximate surface area is 106 Å². The van der Waals surface area contributed by atoms with Crippen LogP contribution in [0.3, 0.4) is 0 Å². The second kappa shape index (κ2) is 4.30. The van der Waals surface area contributed by atoms with Crippen LogP contribution in [0.5, 0.6) is 0 Å². The smallest absolute Gasteiger partial charge is 0.136 e. The van der Waals surface area contributed by atoms with Gasteiger partial charge in [0.05, 0.1) is 30.9 Å². The molecule has 1 aromatic carbocycles. The first-order valence-electron chi connectivity index (χ1n) is 6.10. The van der Waals surface area contributed by atoms with Gasteiger partial charge in [0.25, 0.3) is 0 Å². The molecular formula is C14H17NO3. The van der Waals surface area contributed by atoms with E-state index in [0.717, 1.165) is 23.2 Å². The Kier molecular flexibility index (Phi) is 2.76. The number of nitrogens with zero attached hydrogens (tertiary/aromatic N) is 1. The Morgan fingerprint density at radius 1 is 1.33 bits per heavy atom. The van der Waals surface area contributed by atoms with Crippen LogP contribution in [-0.4, -0.2) is 38.5 Å². The average molecular weight is 247 g/mol. The number of rotatable bonds is 4. The van der Waals surface area contributed by atoms with Crippen molar-refractivity contribution in [3.05, 3.63) is 30.5 Å². The highest BCUT2D eigenvalue weighted by Crippen LogP contribution is 2.33. The van der Waals surface area contributed by atoms with Gasteiger partial charge in [-0.1, -0.05) is 12.1 Å². The van der Waals surface area contributed by atoms with Gasteiger partial charge >= 0.3 is 0 Å². The first-order chi connectivity index (χ1) is 8.74. The van der Waals surface area contributed by atoms with Crippen molar-refractivity contribution in [2.75, 3.05) is 38.3 Å². The summed E-state index contributed by atoms with van der Waals surface area (Å²) in [5, 5.41) is 10.6. The third-order valence-corrected chi connectivity index (χ3v) is 3.60. The van der Waals surface area contributed by atoms with E-state index < -0.39 is 0 Å². The van der Waals surface area contributed by atoms with E-state index in [1.54, 1.807) is 6.26 Å². The number of hydrogen-bond acceptors (Lipinski definition) is 4. The number of anilines is 1. The van der Waals surface area contributed by atoms with Gasteiger partial charge in [-0.3, -0.25) is 0 Å². The molecule has 0 spiro atoms. The van der Waals surface area contributed by atoms with E-state index in [1.165, 1.54) is 0 Å². The zero-order valence-corrected chi connectivity index (χ0v) is 10.4. The van der Waals surface area contributed by atoms with E-state index in [0.29, 0.717) is 13.2 Å². The second-order valence-corrected chi connectivity index (χ2v) is 5.12. The topological polar surface area (TPSA) is 45.8 Å². The second-order valence-electron chi connectivity index (χ2n) is 5.12. The van der Waals surface area contributed by atoms with Crippen molar-refractivity contribution in [1.29, 1.82) is 0 Å². The monoisotopic (exact) mass is 247 g/mol. The summed E-state index contributed by atoms with van der Waals surface area (Å²) in [5.74, 6) is 0. The molecule has 4 nitrogen and oxygen atoms in total. The molecule has 0 amide bonds. The fourth-order valence-electron chi connectivity index (χ4n) is 2.47.